The van der Waals surface area contributed by atoms with Crippen LogP contribution in [0.4, 0.5) is 0 Å². The van der Waals surface area contributed by atoms with Gasteiger partial charge in [0.25, 0.3) is 0 Å². The summed E-state index contributed by atoms with van der Waals surface area (Å²) in [4.78, 5) is 16.6. The maximum atomic E-state index is 12.1. The largest absolute Gasteiger partial charge is 0.497 e. The summed E-state index contributed by atoms with van der Waals surface area (Å²) in [5.74, 6) is 0.882. The van der Waals surface area contributed by atoms with Crippen LogP contribution in [0.3, 0.4) is 0 Å². The zero-order valence-electron chi connectivity index (χ0n) is 14.1. The van der Waals surface area contributed by atoms with Gasteiger partial charge in [-0.1, -0.05) is 12.1 Å². The number of ether oxygens (including phenoxy) is 1. The zero-order chi connectivity index (χ0) is 16.9. The minimum Gasteiger partial charge on any atom is -0.497 e. The second-order valence-corrected chi connectivity index (χ2v) is 6.27. The van der Waals surface area contributed by atoms with Crippen molar-refractivity contribution in [3.05, 3.63) is 29.8 Å². The molecule has 2 unspecified atom stereocenters. The third kappa shape index (κ3) is 4.05. The first-order valence-electron chi connectivity index (χ1n) is 8.46. The minimum absolute atomic E-state index is 0.00475. The van der Waals surface area contributed by atoms with Gasteiger partial charge in [-0.15, -0.1) is 0 Å². The average Bonchev–Trinajstić information content (AvgIpc) is 2.62. The van der Waals surface area contributed by atoms with Crippen molar-refractivity contribution in [2.75, 3.05) is 46.4 Å². The van der Waals surface area contributed by atoms with E-state index in [0.717, 1.165) is 37.5 Å². The van der Waals surface area contributed by atoms with Crippen LogP contribution in [0.2, 0.25) is 0 Å². The SMILES string of the molecule is COc1ccc(C2CC(=O)NC(N3CCN(CCO)CC3)N2)cc1. The molecular formula is C17H26N4O3. The monoisotopic (exact) mass is 334 g/mol. The number of β-amino-alcohol motifs (C(OH)–C–C–N with tert-alkyl or cyclic N) is 1. The second kappa shape index (κ2) is 7.94. The Morgan fingerprint density at radius 1 is 1.21 bits per heavy atom. The normalized spacial score (nSPS) is 26.2. The number of aliphatic hydroxyl groups is 1. The van der Waals surface area contributed by atoms with Gasteiger partial charge in [-0.3, -0.25) is 19.9 Å². The molecule has 2 aliphatic heterocycles. The van der Waals surface area contributed by atoms with Gasteiger partial charge in [0, 0.05) is 45.2 Å². The fraction of sp³-hybridized carbons (Fsp3) is 0.588. The molecule has 1 aromatic carbocycles. The van der Waals surface area contributed by atoms with Crippen LogP contribution in [-0.4, -0.2) is 73.5 Å². The highest BCUT2D eigenvalue weighted by atomic mass is 16.5. The summed E-state index contributed by atoms with van der Waals surface area (Å²) in [5, 5.41) is 15.6. The van der Waals surface area contributed by atoms with Gasteiger partial charge in [-0.2, -0.15) is 0 Å². The maximum absolute atomic E-state index is 12.1. The molecule has 7 heteroatoms. The van der Waals surface area contributed by atoms with Crippen LogP contribution in [0.1, 0.15) is 18.0 Å². The number of nitrogens with one attached hydrogen (secondary N) is 2. The standard InChI is InChI=1S/C17H26N4O3/c1-24-14-4-2-13(3-5-14)15-12-16(23)19-17(18-15)21-8-6-20(7-9-21)10-11-22/h2-5,15,17-18,22H,6-12H2,1H3,(H,19,23). The number of rotatable bonds is 5. The number of methoxy groups -OCH3 is 1. The van der Waals surface area contributed by atoms with Crippen LogP contribution >= 0.6 is 0 Å². The summed E-state index contributed by atoms with van der Waals surface area (Å²) in [6, 6.07) is 7.86. The molecule has 3 N–H and O–H groups in total. The molecule has 132 valence electrons. The lowest BCUT2D eigenvalue weighted by Crippen LogP contribution is -2.64. The highest BCUT2D eigenvalue weighted by Crippen LogP contribution is 2.23. The smallest absolute Gasteiger partial charge is 0.224 e. The first-order chi connectivity index (χ1) is 11.7. The van der Waals surface area contributed by atoms with Crippen molar-refractivity contribution < 1.29 is 14.6 Å². The number of benzene rings is 1. The predicted molar refractivity (Wildman–Crippen MR) is 90.5 cm³/mol. The van der Waals surface area contributed by atoms with Gasteiger partial charge in [0.2, 0.25) is 5.91 Å². The molecule has 2 atom stereocenters. The van der Waals surface area contributed by atoms with Crippen LogP contribution in [-0.2, 0) is 4.79 Å². The number of piperazine rings is 1. The van der Waals surface area contributed by atoms with Crippen molar-refractivity contribution in [2.45, 2.75) is 18.8 Å². The van der Waals surface area contributed by atoms with E-state index in [1.165, 1.54) is 0 Å². The van der Waals surface area contributed by atoms with E-state index in [1.54, 1.807) is 7.11 Å². The summed E-state index contributed by atoms with van der Waals surface area (Å²) >= 11 is 0. The Labute approximate surface area is 142 Å². The molecule has 0 spiro atoms. The highest BCUT2D eigenvalue weighted by molar-refractivity contribution is 5.78. The Kier molecular flexibility index (Phi) is 5.68. The minimum atomic E-state index is -0.144. The number of hydrogen-bond acceptors (Lipinski definition) is 6. The van der Waals surface area contributed by atoms with Gasteiger partial charge in [0.1, 0.15) is 12.0 Å². The number of amides is 1. The van der Waals surface area contributed by atoms with Crippen LogP contribution in [0.5, 0.6) is 5.75 Å². The first kappa shape index (κ1) is 17.2. The van der Waals surface area contributed by atoms with Crippen LogP contribution in [0.15, 0.2) is 24.3 Å². The molecule has 0 aromatic heterocycles. The van der Waals surface area contributed by atoms with Crippen molar-refractivity contribution in [1.82, 2.24) is 20.4 Å². The van der Waals surface area contributed by atoms with Crippen molar-refractivity contribution in [3.8, 4) is 5.75 Å². The molecule has 1 aromatic rings. The Morgan fingerprint density at radius 3 is 2.54 bits per heavy atom. The van der Waals surface area contributed by atoms with Gasteiger partial charge in [-0.25, -0.2) is 0 Å². The molecule has 24 heavy (non-hydrogen) atoms. The van der Waals surface area contributed by atoms with E-state index in [-0.39, 0.29) is 24.8 Å². The van der Waals surface area contributed by atoms with E-state index in [9.17, 15) is 4.79 Å². The second-order valence-electron chi connectivity index (χ2n) is 6.27. The van der Waals surface area contributed by atoms with E-state index >= 15 is 0 Å². The van der Waals surface area contributed by atoms with Crippen molar-refractivity contribution in [2.24, 2.45) is 0 Å². The molecular weight excluding hydrogens is 308 g/mol. The quantitative estimate of drug-likeness (QED) is 0.689. The van der Waals surface area contributed by atoms with E-state index < -0.39 is 0 Å². The Bertz CT molecular complexity index is 543. The van der Waals surface area contributed by atoms with Gasteiger partial charge in [-0.05, 0) is 17.7 Å². The molecule has 3 rings (SSSR count). The molecule has 1 amide bonds. The molecule has 2 fully saturated rings. The number of hydrogen-bond donors (Lipinski definition) is 3. The lowest BCUT2D eigenvalue weighted by atomic mass is 10.0. The number of carbonyl (C=O) groups is 1. The predicted octanol–water partition coefficient (Wildman–Crippen LogP) is -0.261. The molecule has 0 saturated carbocycles. The third-order valence-corrected chi connectivity index (χ3v) is 4.75. The molecule has 7 nitrogen and oxygen atoms in total. The van der Waals surface area contributed by atoms with E-state index in [4.69, 9.17) is 9.84 Å². The first-order valence-corrected chi connectivity index (χ1v) is 8.46. The molecule has 0 aliphatic carbocycles. The topological polar surface area (TPSA) is 77.1 Å². The Morgan fingerprint density at radius 2 is 1.92 bits per heavy atom. The molecule has 2 aliphatic rings. The third-order valence-electron chi connectivity index (χ3n) is 4.75. The molecule has 2 saturated heterocycles. The lowest BCUT2D eigenvalue weighted by Gasteiger charge is -2.43. The van der Waals surface area contributed by atoms with Gasteiger partial charge >= 0.3 is 0 Å². The summed E-state index contributed by atoms with van der Waals surface area (Å²) in [6.07, 6.45) is 0.294. The van der Waals surface area contributed by atoms with Gasteiger partial charge < -0.3 is 15.2 Å². The fourth-order valence-corrected chi connectivity index (χ4v) is 3.32. The van der Waals surface area contributed by atoms with Crippen molar-refractivity contribution in [1.29, 1.82) is 0 Å². The summed E-state index contributed by atoms with van der Waals surface area (Å²) < 4.78 is 5.19. The van der Waals surface area contributed by atoms with E-state index in [2.05, 4.69) is 20.4 Å². The average molecular weight is 334 g/mol. The number of aliphatic hydroxyl groups excluding tert-OH is 1. The summed E-state index contributed by atoms with van der Waals surface area (Å²) in [7, 11) is 1.65. The van der Waals surface area contributed by atoms with Crippen molar-refractivity contribution >= 4 is 5.91 Å². The van der Waals surface area contributed by atoms with Crippen LogP contribution in [0.25, 0.3) is 0 Å². The van der Waals surface area contributed by atoms with Crippen LogP contribution < -0.4 is 15.4 Å². The molecule has 0 bridgehead atoms. The number of carbonyl (C=O) groups excluding carboxylic acids is 1. The fourth-order valence-electron chi connectivity index (χ4n) is 3.32. The van der Waals surface area contributed by atoms with Gasteiger partial charge in [0.15, 0.2) is 0 Å². The van der Waals surface area contributed by atoms with E-state index in [1.807, 2.05) is 24.3 Å². The molecule has 2 heterocycles. The Balaban J connectivity index is 1.62. The van der Waals surface area contributed by atoms with Crippen LogP contribution in [0, 0.1) is 0 Å². The zero-order valence-corrected chi connectivity index (χ0v) is 14.1. The van der Waals surface area contributed by atoms with Crippen molar-refractivity contribution in [3.63, 3.8) is 0 Å². The highest BCUT2D eigenvalue weighted by Gasteiger charge is 2.32. The maximum Gasteiger partial charge on any atom is 0.224 e. The summed E-state index contributed by atoms with van der Waals surface area (Å²) in [5.41, 5.74) is 1.09. The number of nitrogens with zero attached hydrogens (tertiary/aromatic N) is 2. The molecule has 0 radical (unpaired) electrons. The lowest BCUT2D eigenvalue weighted by molar-refractivity contribution is -0.127. The summed E-state index contributed by atoms with van der Waals surface area (Å²) in [6.45, 7) is 4.45. The van der Waals surface area contributed by atoms with E-state index in [0.29, 0.717) is 13.0 Å². The van der Waals surface area contributed by atoms with Gasteiger partial charge in [0.05, 0.1) is 13.7 Å². The Hall–Kier alpha value is -1.67.